The molecular formula is C24H29F2N7. The zero-order chi connectivity index (χ0) is 22.8. The van der Waals surface area contributed by atoms with Gasteiger partial charge >= 0.3 is 0 Å². The van der Waals surface area contributed by atoms with Crippen molar-refractivity contribution in [1.29, 1.82) is 0 Å². The van der Waals surface area contributed by atoms with Crippen molar-refractivity contribution in [2.45, 2.75) is 51.0 Å². The van der Waals surface area contributed by atoms with Crippen LogP contribution in [-0.2, 0) is 6.42 Å². The molecule has 3 aliphatic rings. The molecule has 1 aliphatic carbocycles. The maximum atomic E-state index is 13.6. The Hall–Kier alpha value is -2.81. The summed E-state index contributed by atoms with van der Waals surface area (Å²) in [5, 5.41) is 7.36. The number of nitrogens with two attached hydrogens (primary N) is 1. The average molecular weight is 454 g/mol. The second-order valence-electron chi connectivity index (χ2n) is 9.92. The maximum Gasteiger partial charge on any atom is 0.251 e. The third-order valence-corrected chi connectivity index (χ3v) is 7.97. The highest BCUT2D eigenvalue weighted by Gasteiger charge is 2.46. The van der Waals surface area contributed by atoms with Crippen LogP contribution in [0.1, 0.15) is 48.5 Å². The molecule has 3 N–H and O–H groups in total. The Labute approximate surface area is 191 Å². The van der Waals surface area contributed by atoms with Crippen molar-refractivity contribution in [3.63, 3.8) is 0 Å². The molecular weight excluding hydrogens is 424 g/mol. The molecule has 0 unspecified atom stereocenters. The first-order valence-electron chi connectivity index (χ1n) is 11.8. The van der Waals surface area contributed by atoms with Gasteiger partial charge in [0.25, 0.3) is 5.92 Å². The number of fused-ring (bicyclic) bond motifs is 2. The summed E-state index contributed by atoms with van der Waals surface area (Å²) in [5.41, 5.74) is 11.6. The molecule has 3 aromatic rings. The number of piperidine rings is 2. The third kappa shape index (κ3) is 3.36. The summed E-state index contributed by atoms with van der Waals surface area (Å²) >= 11 is 0. The van der Waals surface area contributed by atoms with Crippen molar-refractivity contribution in [3.8, 4) is 0 Å². The van der Waals surface area contributed by atoms with Crippen LogP contribution in [0.3, 0.4) is 0 Å². The molecule has 6 rings (SSSR count). The van der Waals surface area contributed by atoms with Crippen LogP contribution < -0.4 is 15.5 Å². The van der Waals surface area contributed by atoms with Crippen LogP contribution in [0.5, 0.6) is 0 Å². The van der Waals surface area contributed by atoms with Crippen molar-refractivity contribution >= 4 is 22.8 Å². The van der Waals surface area contributed by atoms with E-state index in [1.165, 1.54) is 11.1 Å². The Morgan fingerprint density at radius 3 is 2.36 bits per heavy atom. The van der Waals surface area contributed by atoms with Gasteiger partial charge in [0, 0.05) is 45.1 Å². The van der Waals surface area contributed by atoms with Crippen molar-refractivity contribution in [2.24, 2.45) is 11.1 Å². The zero-order valence-corrected chi connectivity index (χ0v) is 18.8. The molecule has 2 aliphatic heterocycles. The molecule has 0 amide bonds. The number of aryl methyl sites for hydroxylation is 1. The molecule has 1 spiro atoms. The Morgan fingerprint density at radius 1 is 0.970 bits per heavy atom. The fourth-order valence-corrected chi connectivity index (χ4v) is 5.94. The standard InChI is InChI=1S/C24H29F2N7/c1-15-21(29-20-18(28-15)22(31-30-20)33-12-8-24(25,26)9-13-33)32-10-6-23(7-11-32)14-16-4-2-3-5-17(16)19(23)27/h2-5,19H,6-14,27H2,1H3,(H,29,30,31)/t19-/m1/s1. The van der Waals surface area contributed by atoms with Crippen molar-refractivity contribution < 1.29 is 8.78 Å². The van der Waals surface area contributed by atoms with Crippen LogP contribution in [0.2, 0.25) is 0 Å². The lowest BCUT2D eigenvalue weighted by Crippen LogP contribution is -2.44. The van der Waals surface area contributed by atoms with Crippen molar-refractivity contribution in [1.82, 2.24) is 20.2 Å². The van der Waals surface area contributed by atoms with Crippen molar-refractivity contribution in [2.75, 3.05) is 36.0 Å². The van der Waals surface area contributed by atoms with Crippen molar-refractivity contribution in [3.05, 3.63) is 41.1 Å². The monoisotopic (exact) mass is 453 g/mol. The number of H-pyrrole nitrogens is 1. The van der Waals surface area contributed by atoms with E-state index >= 15 is 0 Å². The molecule has 174 valence electrons. The molecule has 1 atom stereocenters. The first kappa shape index (κ1) is 20.8. The van der Waals surface area contributed by atoms with E-state index in [4.69, 9.17) is 15.7 Å². The SMILES string of the molecule is Cc1nc2c(N3CCC(F)(F)CC3)n[nH]c2nc1N1CCC2(CC1)Cc1ccccc1[C@H]2N. The van der Waals surface area contributed by atoms with Gasteiger partial charge in [-0.1, -0.05) is 24.3 Å². The average Bonchev–Trinajstić information content (AvgIpc) is 3.33. The number of benzene rings is 1. The molecule has 1 aromatic carbocycles. The van der Waals surface area contributed by atoms with Gasteiger partial charge in [-0.25, -0.2) is 18.7 Å². The smallest absolute Gasteiger partial charge is 0.251 e. The van der Waals surface area contributed by atoms with Crippen LogP contribution in [0.15, 0.2) is 24.3 Å². The number of anilines is 2. The quantitative estimate of drug-likeness (QED) is 0.615. The fourth-order valence-electron chi connectivity index (χ4n) is 5.94. The van der Waals surface area contributed by atoms with Crippen LogP contribution in [0.4, 0.5) is 20.4 Å². The van der Waals surface area contributed by atoms with Crippen LogP contribution in [0, 0.1) is 12.3 Å². The van der Waals surface area contributed by atoms with Gasteiger partial charge in [-0.15, -0.1) is 0 Å². The molecule has 4 heterocycles. The van der Waals surface area contributed by atoms with Crippen LogP contribution in [0.25, 0.3) is 11.2 Å². The lowest BCUT2D eigenvalue weighted by atomic mass is 9.73. The van der Waals surface area contributed by atoms with Gasteiger partial charge in [0.05, 0.1) is 5.69 Å². The predicted octanol–water partition coefficient (Wildman–Crippen LogP) is 3.74. The van der Waals surface area contributed by atoms with Gasteiger partial charge in [-0.05, 0) is 42.7 Å². The number of aromatic nitrogens is 4. The molecule has 0 bridgehead atoms. The Kier molecular flexibility index (Phi) is 4.62. The molecule has 2 saturated heterocycles. The summed E-state index contributed by atoms with van der Waals surface area (Å²) < 4.78 is 27.1. The second kappa shape index (κ2) is 7.35. The topological polar surface area (TPSA) is 87.0 Å². The summed E-state index contributed by atoms with van der Waals surface area (Å²) in [4.78, 5) is 13.8. The number of aromatic amines is 1. The minimum absolute atomic E-state index is 0.0811. The van der Waals surface area contributed by atoms with E-state index in [1.807, 2.05) is 11.8 Å². The van der Waals surface area contributed by atoms with E-state index in [0.29, 0.717) is 17.0 Å². The molecule has 9 heteroatoms. The Bertz CT molecular complexity index is 1190. The number of hydrogen-bond acceptors (Lipinski definition) is 6. The van der Waals surface area contributed by atoms with Crippen LogP contribution >= 0.6 is 0 Å². The number of nitrogens with one attached hydrogen (secondary N) is 1. The van der Waals surface area contributed by atoms with E-state index in [2.05, 4.69) is 39.4 Å². The van der Waals surface area contributed by atoms with Gasteiger partial charge in [0.2, 0.25) is 0 Å². The molecule has 0 radical (unpaired) electrons. The lowest BCUT2D eigenvalue weighted by molar-refractivity contribution is -0.0221. The number of rotatable bonds is 2. The molecule has 7 nitrogen and oxygen atoms in total. The van der Waals surface area contributed by atoms with E-state index in [-0.39, 0.29) is 37.4 Å². The maximum absolute atomic E-state index is 13.6. The number of halogens is 2. The second-order valence-corrected chi connectivity index (χ2v) is 9.92. The minimum Gasteiger partial charge on any atom is -0.355 e. The summed E-state index contributed by atoms with van der Waals surface area (Å²) in [6.07, 6.45) is 2.75. The third-order valence-electron chi connectivity index (χ3n) is 7.97. The zero-order valence-electron chi connectivity index (χ0n) is 18.8. The number of nitrogens with zero attached hydrogens (tertiary/aromatic N) is 5. The summed E-state index contributed by atoms with van der Waals surface area (Å²) in [5.74, 6) is -1.11. The highest BCUT2D eigenvalue weighted by molar-refractivity contribution is 5.85. The van der Waals surface area contributed by atoms with Gasteiger partial charge in [-0.3, -0.25) is 5.10 Å². The number of alkyl halides is 2. The largest absolute Gasteiger partial charge is 0.355 e. The first-order valence-corrected chi connectivity index (χ1v) is 11.8. The first-order chi connectivity index (χ1) is 15.9. The van der Waals surface area contributed by atoms with E-state index < -0.39 is 5.92 Å². The Balaban J connectivity index is 1.21. The van der Waals surface area contributed by atoms with E-state index in [1.54, 1.807) is 0 Å². The van der Waals surface area contributed by atoms with E-state index in [0.717, 1.165) is 43.9 Å². The molecule has 2 fully saturated rings. The summed E-state index contributed by atoms with van der Waals surface area (Å²) in [7, 11) is 0. The highest BCUT2D eigenvalue weighted by atomic mass is 19.3. The molecule has 2 aromatic heterocycles. The van der Waals surface area contributed by atoms with Gasteiger partial charge in [0.1, 0.15) is 0 Å². The van der Waals surface area contributed by atoms with E-state index in [9.17, 15) is 8.78 Å². The normalized spacial score (nSPS) is 23.9. The predicted molar refractivity (Wildman–Crippen MR) is 124 cm³/mol. The van der Waals surface area contributed by atoms with Gasteiger partial charge < -0.3 is 15.5 Å². The molecule has 0 saturated carbocycles. The van der Waals surface area contributed by atoms with Gasteiger partial charge in [0.15, 0.2) is 22.8 Å². The fraction of sp³-hybridized carbons (Fsp3) is 0.542. The Morgan fingerprint density at radius 2 is 1.64 bits per heavy atom. The van der Waals surface area contributed by atoms with Crippen LogP contribution in [-0.4, -0.2) is 52.3 Å². The summed E-state index contributed by atoms with van der Waals surface area (Å²) in [6.45, 7) is 4.26. The van der Waals surface area contributed by atoms with Gasteiger partial charge in [-0.2, -0.15) is 5.10 Å². The molecule has 33 heavy (non-hydrogen) atoms. The number of hydrogen-bond donors (Lipinski definition) is 2. The minimum atomic E-state index is -2.59. The summed E-state index contributed by atoms with van der Waals surface area (Å²) in [6, 6.07) is 8.64. The lowest BCUT2D eigenvalue weighted by Gasteiger charge is -2.42. The highest BCUT2D eigenvalue weighted by Crippen LogP contribution is 2.51.